The molecule has 5 heteroatoms. The van der Waals surface area contributed by atoms with E-state index in [1.807, 2.05) is 23.5 Å². The molecule has 94 valence electrons. The molecular weight excluding hydrogens is 319 g/mol. The van der Waals surface area contributed by atoms with Crippen LogP contribution < -0.4 is 0 Å². The Kier molecular flexibility index (Phi) is 4.59. The molecule has 0 amide bonds. The predicted octanol–water partition coefficient (Wildman–Crippen LogP) is 2.01. The second kappa shape index (κ2) is 6.18. The molecule has 17 heavy (non-hydrogen) atoms. The molecule has 2 unspecified atom stereocenters. The first-order chi connectivity index (χ1) is 8.42. The van der Waals surface area contributed by atoms with E-state index < -0.39 is 0 Å². The van der Waals surface area contributed by atoms with E-state index in [0.717, 1.165) is 36.9 Å². The predicted molar refractivity (Wildman–Crippen MR) is 75.2 cm³/mol. The second-order valence-corrected chi connectivity index (χ2v) is 8.59. The molecule has 0 aromatic carbocycles. The normalized spacial score (nSPS) is 26.1. The molecule has 2 atom stereocenters. The molecule has 3 rings (SSSR count). The minimum absolute atomic E-state index is 0.528. The van der Waals surface area contributed by atoms with Crippen molar-refractivity contribution in [1.82, 2.24) is 0 Å². The van der Waals surface area contributed by atoms with Crippen molar-refractivity contribution in [2.45, 2.75) is 23.7 Å². The first kappa shape index (κ1) is 12.6. The maximum absolute atomic E-state index is 5.73. The molecule has 1 aromatic heterocycles. The van der Waals surface area contributed by atoms with E-state index in [-0.39, 0.29) is 0 Å². The van der Waals surface area contributed by atoms with E-state index in [4.69, 9.17) is 9.47 Å². The van der Waals surface area contributed by atoms with Crippen LogP contribution in [0.2, 0.25) is 0 Å². The van der Waals surface area contributed by atoms with Gasteiger partial charge in [-0.25, -0.2) is 0 Å². The summed E-state index contributed by atoms with van der Waals surface area (Å²) >= 11 is 4.51. The minimum atomic E-state index is 0.528. The van der Waals surface area contributed by atoms with Crippen molar-refractivity contribution >= 4 is 38.0 Å². The fourth-order valence-corrected chi connectivity index (χ4v) is 4.13. The summed E-state index contributed by atoms with van der Waals surface area (Å²) in [6.07, 6.45) is 0. The van der Waals surface area contributed by atoms with Gasteiger partial charge in [-0.3, -0.25) is 0 Å². The van der Waals surface area contributed by atoms with Gasteiger partial charge in [0.05, 0.1) is 0 Å². The molecule has 1 aromatic rings. The fourth-order valence-electron chi connectivity index (χ4n) is 1.53. The summed E-state index contributed by atoms with van der Waals surface area (Å²) < 4.78 is 11.5. The van der Waals surface area contributed by atoms with Gasteiger partial charge in [-0.15, -0.1) is 0 Å². The Bertz CT molecular complexity index is 329. The molecule has 0 spiro atoms. The maximum atomic E-state index is 5.73. The molecule has 0 aliphatic carbocycles. The van der Waals surface area contributed by atoms with Gasteiger partial charge in [0, 0.05) is 0 Å². The zero-order chi connectivity index (χ0) is 11.5. The van der Waals surface area contributed by atoms with Crippen molar-refractivity contribution in [3.63, 3.8) is 0 Å². The number of thioether (sulfide) groups is 2. The van der Waals surface area contributed by atoms with Crippen LogP contribution in [0.4, 0.5) is 0 Å². The molecule has 2 aliphatic heterocycles. The molecule has 0 N–H and O–H groups in total. The quantitative estimate of drug-likeness (QED) is 0.534. The molecule has 0 bridgehead atoms. The summed E-state index contributed by atoms with van der Waals surface area (Å²) in [5.41, 5.74) is 2.75. The number of hydrogen-bond acceptors (Lipinski definition) is 4. The Morgan fingerprint density at radius 2 is 1.47 bits per heavy atom. The van der Waals surface area contributed by atoms with Crippen LogP contribution in [0.15, 0.2) is 9.88 Å². The number of hydrogen-bond donors (Lipinski definition) is 0. The van der Waals surface area contributed by atoms with Gasteiger partial charge in [-0.2, -0.15) is 0 Å². The van der Waals surface area contributed by atoms with Crippen molar-refractivity contribution in [2.24, 2.45) is 0 Å². The van der Waals surface area contributed by atoms with Crippen molar-refractivity contribution < 1.29 is 9.47 Å². The van der Waals surface area contributed by atoms with Crippen LogP contribution in [0.1, 0.15) is 11.1 Å². The average Bonchev–Trinajstić information content (AvgIpc) is 3.22. The van der Waals surface area contributed by atoms with E-state index >= 15 is 0 Å². The molecular formula is C12H16O2S2Se. The monoisotopic (exact) mass is 336 g/mol. The molecule has 2 saturated heterocycles. The van der Waals surface area contributed by atoms with E-state index in [1.165, 1.54) is 22.6 Å². The summed E-state index contributed by atoms with van der Waals surface area (Å²) in [6, 6.07) is 0. The zero-order valence-corrected chi connectivity index (χ0v) is 12.9. The Morgan fingerprint density at radius 3 is 1.88 bits per heavy atom. The van der Waals surface area contributed by atoms with Gasteiger partial charge in [0.15, 0.2) is 0 Å². The van der Waals surface area contributed by atoms with E-state index in [0.29, 0.717) is 14.5 Å². The summed E-state index contributed by atoms with van der Waals surface area (Å²) in [5, 5.41) is 1.55. The topological polar surface area (TPSA) is 18.5 Å². The fraction of sp³-hybridized carbons (Fsp3) is 0.667. The van der Waals surface area contributed by atoms with Crippen LogP contribution in [-0.2, 0) is 22.7 Å². The Hall–Kier alpha value is 0.619. The van der Waals surface area contributed by atoms with Gasteiger partial charge in [0.2, 0.25) is 0 Å². The van der Waals surface area contributed by atoms with E-state index in [9.17, 15) is 0 Å². The van der Waals surface area contributed by atoms with E-state index in [1.54, 1.807) is 0 Å². The first-order valence-electron chi connectivity index (χ1n) is 5.84. The van der Waals surface area contributed by atoms with Gasteiger partial charge < -0.3 is 0 Å². The zero-order valence-electron chi connectivity index (χ0n) is 9.59. The van der Waals surface area contributed by atoms with Crippen molar-refractivity contribution in [3.05, 3.63) is 21.0 Å². The molecule has 0 saturated carbocycles. The van der Waals surface area contributed by atoms with Crippen molar-refractivity contribution in [3.8, 4) is 0 Å². The SMILES string of the molecule is c1[se]cc(COCC2CS2)c1COCC1CS1. The standard InChI is InChI=1S/C12H16O2S2Se/c1(13-3-11-5-15-11)9-7-17-8-10(9)2-14-4-12-6-16-12/h7-8,11-12H,1-6H2. The van der Waals surface area contributed by atoms with Crippen LogP contribution in [0.3, 0.4) is 0 Å². The summed E-state index contributed by atoms with van der Waals surface area (Å²) in [4.78, 5) is 4.66. The average molecular weight is 335 g/mol. The van der Waals surface area contributed by atoms with Gasteiger partial charge >= 0.3 is 117 Å². The number of ether oxygens (including phenoxy) is 2. The van der Waals surface area contributed by atoms with Gasteiger partial charge in [0.1, 0.15) is 0 Å². The van der Waals surface area contributed by atoms with Crippen LogP contribution in [0.25, 0.3) is 0 Å². The molecule has 2 fully saturated rings. The van der Waals surface area contributed by atoms with E-state index in [2.05, 4.69) is 9.88 Å². The van der Waals surface area contributed by atoms with Crippen LogP contribution >= 0.6 is 23.5 Å². The summed E-state index contributed by atoms with van der Waals surface area (Å²) in [7, 11) is 0. The van der Waals surface area contributed by atoms with Crippen molar-refractivity contribution in [2.75, 3.05) is 24.7 Å². The summed E-state index contributed by atoms with van der Waals surface area (Å²) in [6.45, 7) is 3.40. The first-order valence-corrected chi connectivity index (χ1v) is 9.92. The third-order valence-corrected chi connectivity index (χ3v) is 6.41. The van der Waals surface area contributed by atoms with Gasteiger partial charge in [-0.05, 0) is 0 Å². The second-order valence-electron chi connectivity index (χ2n) is 4.36. The van der Waals surface area contributed by atoms with Crippen molar-refractivity contribution in [1.29, 1.82) is 0 Å². The Balaban J connectivity index is 1.40. The van der Waals surface area contributed by atoms with Gasteiger partial charge in [-0.1, -0.05) is 0 Å². The third kappa shape index (κ3) is 4.34. The molecule has 2 aliphatic rings. The molecule has 0 radical (unpaired) electrons. The Labute approximate surface area is 117 Å². The molecule has 2 nitrogen and oxygen atoms in total. The van der Waals surface area contributed by atoms with Crippen LogP contribution in [0.5, 0.6) is 0 Å². The van der Waals surface area contributed by atoms with Crippen LogP contribution in [-0.4, -0.2) is 49.7 Å². The van der Waals surface area contributed by atoms with Crippen LogP contribution in [0, 0.1) is 0 Å². The Morgan fingerprint density at radius 1 is 1.00 bits per heavy atom. The summed E-state index contributed by atoms with van der Waals surface area (Å²) in [5.74, 6) is 2.57. The molecule has 3 heterocycles. The van der Waals surface area contributed by atoms with Gasteiger partial charge in [0.25, 0.3) is 0 Å². The third-order valence-electron chi connectivity index (χ3n) is 2.76. The number of rotatable bonds is 8.